The van der Waals surface area contributed by atoms with Gasteiger partial charge in [0.15, 0.2) is 0 Å². The van der Waals surface area contributed by atoms with Gasteiger partial charge in [0.25, 0.3) is 5.91 Å². The zero-order chi connectivity index (χ0) is 20.6. The maximum Gasteiger partial charge on any atom is 0.307 e. The Morgan fingerprint density at radius 3 is 2.66 bits per heavy atom. The van der Waals surface area contributed by atoms with Crippen LogP contribution in [0, 0.1) is 11.8 Å². The summed E-state index contributed by atoms with van der Waals surface area (Å²) in [6.07, 6.45) is 0. The van der Waals surface area contributed by atoms with Gasteiger partial charge in [-0.05, 0) is 48.2 Å². The number of hydrogen-bond acceptors (Lipinski definition) is 6. The number of amides is 2. The number of carbonyl (C=O) groups is 2. The SMILES string of the molecule is COc1cc(C(=O)NCC#Cc2ccc(SC(=O)NO)cc2)nc2ccccc12. The first-order chi connectivity index (χ1) is 14.1. The predicted octanol–water partition coefficient (Wildman–Crippen LogP) is 3.22. The van der Waals surface area contributed by atoms with Gasteiger partial charge >= 0.3 is 5.24 Å². The van der Waals surface area contributed by atoms with Crippen LogP contribution in [0.3, 0.4) is 0 Å². The van der Waals surface area contributed by atoms with Crippen molar-refractivity contribution in [3.05, 3.63) is 65.9 Å². The number of para-hydroxylation sites is 1. The van der Waals surface area contributed by atoms with Gasteiger partial charge in [-0.1, -0.05) is 24.0 Å². The number of methoxy groups -OCH3 is 1. The van der Waals surface area contributed by atoms with Crippen molar-refractivity contribution in [1.82, 2.24) is 15.8 Å². The van der Waals surface area contributed by atoms with Crippen LogP contribution in [0.25, 0.3) is 10.9 Å². The van der Waals surface area contributed by atoms with E-state index in [0.717, 1.165) is 22.7 Å². The molecule has 7 nitrogen and oxygen atoms in total. The van der Waals surface area contributed by atoms with Gasteiger partial charge in [0.1, 0.15) is 11.4 Å². The third-order valence-corrected chi connectivity index (χ3v) is 4.64. The number of hydrogen-bond donors (Lipinski definition) is 3. The van der Waals surface area contributed by atoms with Crippen molar-refractivity contribution >= 4 is 33.8 Å². The highest BCUT2D eigenvalue weighted by molar-refractivity contribution is 8.13. The number of thioether (sulfide) groups is 1. The first kappa shape index (κ1) is 20.2. The summed E-state index contributed by atoms with van der Waals surface area (Å²) in [6, 6.07) is 16.0. The Hall–Kier alpha value is -3.54. The lowest BCUT2D eigenvalue weighted by molar-refractivity contribution is 0.0953. The Kier molecular flexibility index (Phi) is 6.68. The normalized spacial score (nSPS) is 10.0. The molecule has 3 N–H and O–H groups in total. The lowest BCUT2D eigenvalue weighted by Gasteiger charge is -2.08. The van der Waals surface area contributed by atoms with E-state index in [1.54, 1.807) is 42.9 Å². The molecule has 0 bridgehead atoms. The maximum absolute atomic E-state index is 12.4. The standard InChI is InChI=1S/C21H17N3O4S/c1-28-19-13-18(23-17-7-3-2-6-16(17)19)20(25)22-12-4-5-14-8-10-15(11-9-14)29-21(26)24-27/h2-3,6-11,13,27H,12H2,1H3,(H,22,25)(H,24,26). The van der Waals surface area contributed by atoms with Gasteiger partial charge in [-0.2, -0.15) is 0 Å². The Balaban J connectivity index is 1.62. The molecule has 0 aliphatic heterocycles. The lowest BCUT2D eigenvalue weighted by Crippen LogP contribution is -2.24. The predicted molar refractivity (Wildman–Crippen MR) is 110 cm³/mol. The third kappa shape index (κ3) is 5.25. The minimum atomic E-state index is -0.564. The van der Waals surface area contributed by atoms with Gasteiger partial charge in [-0.25, -0.2) is 10.5 Å². The van der Waals surface area contributed by atoms with E-state index in [9.17, 15) is 9.59 Å². The number of aromatic nitrogens is 1. The summed E-state index contributed by atoms with van der Waals surface area (Å²) in [5.41, 5.74) is 3.22. The minimum Gasteiger partial charge on any atom is -0.496 e. The molecule has 1 aromatic heterocycles. The van der Waals surface area contributed by atoms with Gasteiger partial charge in [0.2, 0.25) is 0 Å². The van der Waals surface area contributed by atoms with Crippen molar-refractivity contribution in [2.75, 3.05) is 13.7 Å². The van der Waals surface area contributed by atoms with Crippen molar-refractivity contribution < 1.29 is 19.5 Å². The number of fused-ring (bicyclic) bond motifs is 1. The fourth-order valence-corrected chi connectivity index (χ4v) is 3.06. The van der Waals surface area contributed by atoms with Crippen LogP contribution < -0.4 is 15.5 Å². The van der Waals surface area contributed by atoms with Crippen LogP contribution in [0.15, 0.2) is 59.5 Å². The topological polar surface area (TPSA) is 101 Å². The number of ether oxygens (including phenoxy) is 1. The van der Waals surface area contributed by atoms with E-state index >= 15 is 0 Å². The summed E-state index contributed by atoms with van der Waals surface area (Å²) >= 11 is 0.863. The molecule has 0 unspecified atom stereocenters. The lowest BCUT2D eigenvalue weighted by atomic mass is 10.1. The zero-order valence-electron chi connectivity index (χ0n) is 15.4. The van der Waals surface area contributed by atoms with E-state index in [2.05, 4.69) is 22.1 Å². The summed E-state index contributed by atoms with van der Waals surface area (Å²) in [7, 11) is 1.55. The van der Waals surface area contributed by atoms with Crippen LogP contribution in [0.1, 0.15) is 16.1 Å². The number of hydroxylamine groups is 1. The number of nitrogens with one attached hydrogen (secondary N) is 2. The maximum atomic E-state index is 12.4. The molecule has 2 amide bonds. The van der Waals surface area contributed by atoms with Crippen LogP contribution in [-0.2, 0) is 0 Å². The quantitative estimate of drug-likeness (QED) is 0.266. The molecule has 29 heavy (non-hydrogen) atoms. The average molecular weight is 407 g/mol. The highest BCUT2D eigenvalue weighted by atomic mass is 32.2. The molecule has 0 spiro atoms. The number of rotatable bonds is 4. The average Bonchev–Trinajstić information content (AvgIpc) is 2.76. The fourth-order valence-electron chi connectivity index (χ4n) is 2.53. The molecule has 2 aromatic carbocycles. The second kappa shape index (κ2) is 9.59. The zero-order valence-corrected chi connectivity index (χ0v) is 16.2. The Bertz CT molecular complexity index is 1100. The van der Waals surface area contributed by atoms with Crippen molar-refractivity contribution in [2.24, 2.45) is 0 Å². The molecule has 3 aromatic rings. The van der Waals surface area contributed by atoms with E-state index in [1.807, 2.05) is 24.3 Å². The molecule has 3 rings (SSSR count). The molecule has 0 saturated heterocycles. The smallest absolute Gasteiger partial charge is 0.307 e. The molecule has 0 saturated carbocycles. The van der Waals surface area contributed by atoms with Crippen LogP contribution in [0.4, 0.5) is 4.79 Å². The summed E-state index contributed by atoms with van der Waals surface area (Å²) in [5, 5.41) is 11.5. The van der Waals surface area contributed by atoms with Crippen LogP contribution >= 0.6 is 11.8 Å². The molecule has 0 atom stereocenters. The van der Waals surface area contributed by atoms with E-state index in [1.165, 1.54) is 0 Å². The molecule has 0 fully saturated rings. The first-order valence-corrected chi connectivity index (χ1v) is 9.35. The Labute approximate surface area is 171 Å². The third-order valence-electron chi connectivity index (χ3n) is 3.86. The highest BCUT2D eigenvalue weighted by Gasteiger charge is 2.11. The van der Waals surface area contributed by atoms with E-state index in [4.69, 9.17) is 9.94 Å². The van der Waals surface area contributed by atoms with Crippen LogP contribution in [0.2, 0.25) is 0 Å². The molecular weight excluding hydrogens is 390 g/mol. The number of carbonyl (C=O) groups excluding carboxylic acids is 2. The minimum absolute atomic E-state index is 0.152. The van der Waals surface area contributed by atoms with Crippen molar-refractivity contribution in [1.29, 1.82) is 0 Å². The number of nitrogens with zero attached hydrogens (tertiary/aromatic N) is 1. The summed E-state index contributed by atoms with van der Waals surface area (Å²) in [4.78, 5) is 28.5. The van der Waals surface area contributed by atoms with Gasteiger partial charge in [-0.15, -0.1) is 0 Å². The molecule has 0 aliphatic carbocycles. The molecule has 0 radical (unpaired) electrons. The van der Waals surface area contributed by atoms with Crippen molar-refractivity contribution in [3.63, 3.8) is 0 Å². The fraction of sp³-hybridized carbons (Fsp3) is 0.0952. The first-order valence-electron chi connectivity index (χ1n) is 8.53. The second-order valence-corrected chi connectivity index (χ2v) is 6.78. The monoisotopic (exact) mass is 407 g/mol. The van der Waals surface area contributed by atoms with Crippen LogP contribution in [-0.4, -0.2) is 35.0 Å². The summed E-state index contributed by atoms with van der Waals surface area (Å²) in [6.45, 7) is 0.152. The van der Waals surface area contributed by atoms with E-state index < -0.39 is 5.24 Å². The summed E-state index contributed by atoms with van der Waals surface area (Å²) < 4.78 is 5.35. The van der Waals surface area contributed by atoms with Crippen LogP contribution in [0.5, 0.6) is 5.75 Å². The van der Waals surface area contributed by atoms with E-state index in [-0.39, 0.29) is 18.1 Å². The van der Waals surface area contributed by atoms with Gasteiger partial charge in [0, 0.05) is 21.9 Å². The van der Waals surface area contributed by atoms with Gasteiger partial charge < -0.3 is 10.1 Å². The Morgan fingerprint density at radius 2 is 1.93 bits per heavy atom. The molecule has 146 valence electrons. The molecular formula is C21H17N3O4S. The molecule has 8 heteroatoms. The molecule has 0 aliphatic rings. The van der Waals surface area contributed by atoms with Crippen molar-refractivity contribution in [2.45, 2.75) is 4.90 Å². The second-order valence-electron chi connectivity index (χ2n) is 5.74. The summed E-state index contributed by atoms with van der Waals surface area (Å²) in [5.74, 6) is 6.04. The van der Waals surface area contributed by atoms with E-state index in [0.29, 0.717) is 16.2 Å². The van der Waals surface area contributed by atoms with Gasteiger partial charge in [0.05, 0.1) is 19.2 Å². The highest BCUT2D eigenvalue weighted by Crippen LogP contribution is 2.24. The number of pyridine rings is 1. The number of benzene rings is 2. The van der Waals surface area contributed by atoms with Gasteiger partial charge in [-0.3, -0.25) is 14.8 Å². The largest absolute Gasteiger partial charge is 0.496 e. The van der Waals surface area contributed by atoms with Crippen molar-refractivity contribution in [3.8, 4) is 17.6 Å². The molecule has 1 heterocycles. The Morgan fingerprint density at radius 1 is 1.17 bits per heavy atom.